The van der Waals surface area contributed by atoms with Crippen LogP contribution in [0.5, 0.6) is 0 Å². The molecule has 0 atom stereocenters. The molecular formula is C9H11N5S. The molecule has 78 valence electrons. The Morgan fingerprint density at radius 2 is 2.00 bits per heavy atom. The number of nitrogens with zero attached hydrogens (tertiary/aromatic N) is 4. The second kappa shape index (κ2) is 3.90. The lowest BCUT2D eigenvalue weighted by Crippen LogP contribution is -2.05. The Morgan fingerprint density at radius 3 is 2.60 bits per heavy atom. The van der Waals surface area contributed by atoms with Crippen molar-refractivity contribution in [2.24, 2.45) is 0 Å². The lowest BCUT2D eigenvalue weighted by Gasteiger charge is -1.99. The van der Waals surface area contributed by atoms with E-state index in [1.807, 2.05) is 12.3 Å². The number of nitrogens with two attached hydrogens (primary N) is 1. The standard InChI is InChI=1S/C9H11N5S/c1-5-4-15-8(11-5)3-7-12-6(2)13-9(10)14-7/h4H,3H2,1-2H3,(H2,10,12,13,14). The van der Waals surface area contributed by atoms with Crippen LogP contribution in [0.15, 0.2) is 5.38 Å². The fourth-order valence-corrected chi connectivity index (χ4v) is 2.03. The molecule has 0 unspecified atom stereocenters. The summed E-state index contributed by atoms with van der Waals surface area (Å²) in [6.07, 6.45) is 0.617. The maximum Gasteiger partial charge on any atom is 0.223 e. The molecule has 0 amide bonds. The first-order chi connectivity index (χ1) is 7.13. The summed E-state index contributed by atoms with van der Waals surface area (Å²) in [5.74, 6) is 1.59. The highest BCUT2D eigenvalue weighted by Crippen LogP contribution is 2.12. The third-order valence-corrected chi connectivity index (χ3v) is 2.75. The molecule has 2 rings (SSSR count). The van der Waals surface area contributed by atoms with Gasteiger partial charge in [-0.1, -0.05) is 0 Å². The first-order valence-corrected chi connectivity index (χ1v) is 5.39. The van der Waals surface area contributed by atoms with Crippen molar-refractivity contribution in [3.63, 3.8) is 0 Å². The molecular weight excluding hydrogens is 210 g/mol. The third-order valence-electron chi connectivity index (χ3n) is 1.79. The third kappa shape index (κ3) is 2.47. The zero-order valence-electron chi connectivity index (χ0n) is 8.56. The topological polar surface area (TPSA) is 77.6 Å². The number of nitrogen functional groups attached to an aromatic ring is 1. The van der Waals surface area contributed by atoms with Crippen molar-refractivity contribution < 1.29 is 0 Å². The number of aryl methyl sites for hydroxylation is 2. The number of aromatic nitrogens is 4. The predicted molar refractivity (Wildman–Crippen MR) is 58.6 cm³/mol. The van der Waals surface area contributed by atoms with Gasteiger partial charge in [-0.25, -0.2) is 9.97 Å². The van der Waals surface area contributed by atoms with E-state index in [0.29, 0.717) is 18.1 Å². The van der Waals surface area contributed by atoms with Gasteiger partial charge in [-0.15, -0.1) is 11.3 Å². The van der Waals surface area contributed by atoms with Crippen LogP contribution in [0.25, 0.3) is 0 Å². The number of thiazole rings is 1. The van der Waals surface area contributed by atoms with Gasteiger partial charge < -0.3 is 5.73 Å². The molecule has 0 aliphatic carbocycles. The SMILES string of the molecule is Cc1csc(Cc2nc(C)nc(N)n2)n1. The highest BCUT2D eigenvalue weighted by atomic mass is 32.1. The van der Waals surface area contributed by atoms with Crippen LogP contribution in [0.1, 0.15) is 22.4 Å². The van der Waals surface area contributed by atoms with E-state index in [1.54, 1.807) is 18.3 Å². The molecule has 0 spiro atoms. The van der Waals surface area contributed by atoms with Crippen LogP contribution in [-0.4, -0.2) is 19.9 Å². The van der Waals surface area contributed by atoms with Gasteiger partial charge in [-0.05, 0) is 13.8 Å². The predicted octanol–water partition coefficient (Wildman–Crippen LogP) is 1.12. The monoisotopic (exact) mass is 221 g/mol. The summed E-state index contributed by atoms with van der Waals surface area (Å²) in [6.45, 7) is 3.77. The molecule has 0 aliphatic heterocycles. The normalized spacial score (nSPS) is 10.5. The summed E-state index contributed by atoms with van der Waals surface area (Å²) >= 11 is 1.60. The molecule has 15 heavy (non-hydrogen) atoms. The van der Waals surface area contributed by atoms with Crippen molar-refractivity contribution in [1.82, 2.24) is 19.9 Å². The van der Waals surface area contributed by atoms with E-state index in [2.05, 4.69) is 19.9 Å². The lowest BCUT2D eigenvalue weighted by atomic mass is 10.4. The molecule has 0 fully saturated rings. The van der Waals surface area contributed by atoms with Gasteiger partial charge in [0.25, 0.3) is 0 Å². The summed E-state index contributed by atoms with van der Waals surface area (Å²) in [5.41, 5.74) is 6.56. The van der Waals surface area contributed by atoms with Crippen LogP contribution < -0.4 is 5.73 Å². The second-order valence-electron chi connectivity index (χ2n) is 3.22. The summed E-state index contributed by atoms with van der Waals surface area (Å²) in [4.78, 5) is 16.5. The minimum atomic E-state index is 0.269. The Labute approximate surface area is 91.4 Å². The number of rotatable bonds is 2. The average Bonchev–Trinajstić information content (AvgIpc) is 2.49. The van der Waals surface area contributed by atoms with Gasteiger partial charge >= 0.3 is 0 Å². The lowest BCUT2D eigenvalue weighted by molar-refractivity contribution is 0.883. The maximum atomic E-state index is 5.54. The van der Waals surface area contributed by atoms with Gasteiger partial charge in [0.2, 0.25) is 5.95 Å². The smallest absolute Gasteiger partial charge is 0.223 e. The molecule has 0 saturated carbocycles. The van der Waals surface area contributed by atoms with Gasteiger partial charge in [0.15, 0.2) is 0 Å². The van der Waals surface area contributed by atoms with E-state index in [0.717, 1.165) is 10.7 Å². The molecule has 0 bridgehead atoms. The highest BCUT2D eigenvalue weighted by Gasteiger charge is 2.05. The second-order valence-corrected chi connectivity index (χ2v) is 4.16. The van der Waals surface area contributed by atoms with E-state index in [4.69, 9.17) is 5.73 Å². The first-order valence-electron chi connectivity index (χ1n) is 4.51. The Morgan fingerprint density at radius 1 is 1.20 bits per heavy atom. The highest BCUT2D eigenvalue weighted by molar-refractivity contribution is 7.09. The molecule has 2 aromatic rings. The van der Waals surface area contributed by atoms with Gasteiger partial charge in [0, 0.05) is 11.1 Å². The molecule has 2 aromatic heterocycles. The largest absolute Gasteiger partial charge is 0.368 e. The van der Waals surface area contributed by atoms with Crippen molar-refractivity contribution in [3.05, 3.63) is 27.7 Å². The van der Waals surface area contributed by atoms with E-state index in [1.165, 1.54) is 0 Å². The van der Waals surface area contributed by atoms with E-state index in [-0.39, 0.29) is 5.95 Å². The van der Waals surface area contributed by atoms with E-state index >= 15 is 0 Å². The van der Waals surface area contributed by atoms with E-state index < -0.39 is 0 Å². The zero-order chi connectivity index (χ0) is 10.8. The average molecular weight is 221 g/mol. The van der Waals surface area contributed by atoms with Crippen LogP contribution in [0.4, 0.5) is 5.95 Å². The fourth-order valence-electron chi connectivity index (χ4n) is 1.26. The molecule has 5 nitrogen and oxygen atoms in total. The molecule has 2 N–H and O–H groups in total. The summed E-state index contributed by atoms with van der Waals surface area (Å²) in [7, 11) is 0. The Bertz CT molecular complexity index is 459. The molecule has 0 aromatic carbocycles. The van der Waals surface area contributed by atoms with Crippen molar-refractivity contribution in [2.45, 2.75) is 20.3 Å². The van der Waals surface area contributed by atoms with Crippen molar-refractivity contribution in [1.29, 1.82) is 0 Å². The molecule has 0 aliphatic rings. The fraction of sp³-hybridized carbons (Fsp3) is 0.333. The minimum absolute atomic E-state index is 0.269. The Hall–Kier alpha value is -1.56. The van der Waals surface area contributed by atoms with Crippen LogP contribution in [-0.2, 0) is 6.42 Å². The summed E-state index contributed by atoms with van der Waals surface area (Å²) in [5, 5.41) is 3.00. The van der Waals surface area contributed by atoms with E-state index in [9.17, 15) is 0 Å². The van der Waals surface area contributed by atoms with Crippen LogP contribution in [0, 0.1) is 13.8 Å². The van der Waals surface area contributed by atoms with Crippen LogP contribution in [0.2, 0.25) is 0 Å². The molecule has 0 saturated heterocycles. The van der Waals surface area contributed by atoms with Crippen molar-refractivity contribution >= 4 is 17.3 Å². The van der Waals surface area contributed by atoms with Crippen LogP contribution >= 0.6 is 11.3 Å². The number of hydrogen-bond acceptors (Lipinski definition) is 6. The van der Waals surface area contributed by atoms with Gasteiger partial charge in [0.05, 0.1) is 6.42 Å². The summed E-state index contributed by atoms with van der Waals surface area (Å²) in [6, 6.07) is 0. The number of hydrogen-bond donors (Lipinski definition) is 1. The number of anilines is 1. The van der Waals surface area contributed by atoms with Crippen molar-refractivity contribution in [3.8, 4) is 0 Å². The van der Waals surface area contributed by atoms with Gasteiger partial charge in [0.1, 0.15) is 16.7 Å². The quantitative estimate of drug-likeness (QED) is 0.822. The van der Waals surface area contributed by atoms with Crippen LogP contribution in [0.3, 0.4) is 0 Å². The van der Waals surface area contributed by atoms with Gasteiger partial charge in [-0.2, -0.15) is 9.97 Å². The Balaban J connectivity index is 2.24. The maximum absolute atomic E-state index is 5.54. The Kier molecular flexibility index (Phi) is 2.59. The molecule has 2 heterocycles. The first kappa shape index (κ1) is 9.97. The zero-order valence-corrected chi connectivity index (χ0v) is 9.38. The molecule has 0 radical (unpaired) electrons. The van der Waals surface area contributed by atoms with Gasteiger partial charge in [-0.3, -0.25) is 0 Å². The summed E-state index contributed by atoms with van der Waals surface area (Å²) < 4.78 is 0. The minimum Gasteiger partial charge on any atom is -0.368 e. The van der Waals surface area contributed by atoms with Crippen molar-refractivity contribution in [2.75, 3.05) is 5.73 Å². The molecule has 6 heteroatoms.